The zero-order chi connectivity index (χ0) is 35.0. The maximum atomic E-state index is 2.36. The smallest absolute Gasteiger partial charge is 0.0462 e. The number of anilines is 5. The predicted molar refractivity (Wildman–Crippen MR) is 222 cm³/mol. The molecular formula is C50H40N2. The normalized spacial score (nSPS) is 13.8. The summed E-state index contributed by atoms with van der Waals surface area (Å²) < 4.78 is 0. The van der Waals surface area contributed by atoms with Gasteiger partial charge in [-0.25, -0.2) is 0 Å². The number of nitrogens with zero attached hydrogens (tertiary/aromatic N) is 2. The van der Waals surface area contributed by atoms with Crippen LogP contribution in [0.25, 0.3) is 23.3 Å². The van der Waals surface area contributed by atoms with Crippen LogP contribution in [-0.2, 0) is 0 Å². The van der Waals surface area contributed by atoms with Crippen LogP contribution in [0.15, 0.2) is 218 Å². The van der Waals surface area contributed by atoms with Crippen molar-refractivity contribution in [3.05, 3.63) is 235 Å². The molecule has 0 aliphatic heterocycles. The topological polar surface area (TPSA) is 6.48 Å². The van der Waals surface area contributed by atoms with E-state index in [0.29, 0.717) is 5.92 Å². The molecule has 0 saturated carbocycles. The van der Waals surface area contributed by atoms with E-state index in [2.05, 4.69) is 234 Å². The summed E-state index contributed by atoms with van der Waals surface area (Å²) in [5.74, 6) is 0.400. The average molecular weight is 669 g/mol. The maximum absolute atomic E-state index is 2.36. The molecule has 1 atom stereocenters. The van der Waals surface area contributed by atoms with Gasteiger partial charge in [0.15, 0.2) is 0 Å². The van der Waals surface area contributed by atoms with Crippen molar-refractivity contribution in [3.8, 4) is 11.1 Å². The molecule has 250 valence electrons. The van der Waals surface area contributed by atoms with Gasteiger partial charge in [0.05, 0.1) is 0 Å². The number of benzene rings is 7. The van der Waals surface area contributed by atoms with E-state index in [1.54, 1.807) is 0 Å². The van der Waals surface area contributed by atoms with E-state index in [1.807, 2.05) is 0 Å². The van der Waals surface area contributed by atoms with Crippen LogP contribution in [0, 0.1) is 0 Å². The fourth-order valence-electron chi connectivity index (χ4n) is 6.87. The first-order chi connectivity index (χ1) is 25.8. The minimum Gasteiger partial charge on any atom is -0.311 e. The molecule has 2 nitrogen and oxygen atoms in total. The second kappa shape index (κ2) is 15.5. The second-order valence-corrected chi connectivity index (χ2v) is 13.0. The van der Waals surface area contributed by atoms with E-state index < -0.39 is 0 Å². The lowest BCUT2D eigenvalue weighted by Crippen LogP contribution is -2.17. The fourth-order valence-corrected chi connectivity index (χ4v) is 6.87. The third-order valence-corrected chi connectivity index (χ3v) is 9.60. The molecule has 1 aliphatic carbocycles. The quantitative estimate of drug-likeness (QED) is 0.134. The summed E-state index contributed by atoms with van der Waals surface area (Å²) in [5.41, 5.74) is 12.9. The Morgan fingerprint density at radius 3 is 1.29 bits per heavy atom. The van der Waals surface area contributed by atoms with E-state index in [9.17, 15) is 0 Å². The van der Waals surface area contributed by atoms with Crippen LogP contribution >= 0.6 is 0 Å². The van der Waals surface area contributed by atoms with Gasteiger partial charge in [-0.05, 0) is 101 Å². The van der Waals surface area contributed by atoms with Gasteiger partial charge in [-0.2, -0.15) is 0 Å². The largest absolute Gasteiger partial charge is 0.311 e. The van der Waals surface area contributed by atoms with Gasteiger partial charge >= 0.3 is 0 Å². The molecule has 0 heterocycles. The molecule has 0 spiro atoms. The summed E-state index contributed by atoms with van der Waals surface area (Å²) in [7, 11) is 0. The van der Waals surface area contributed by atoms with E-state index >= 15 is 0 Å². The Labute approximate surface area is 307 Å². The lowest BCUT2D eigenvalue weighted by atomic mass is 9.91. The van der Waals surface area contributed by atoms with Gasteiger partial charge in [0.1, 0.15) is 0 Å². The molecular weight excluding hydrogens is 629 g/mol. The lowest BCUT2D eigenvalue weighted by molar-refractivity contribution is 0.840. The standard InChI is InChI=1S/C50H40N2/c1-5-13-41(14-6-1)43-27-35-49(36-28-43)51(45-17-9-3-10-18-45)47-31-23-39(24-32-47)21-22-40-25-33-48(34-26-40)52(46-19-11-4-12-20-46)50-37-29-44(30-38-50)42-15-7-2-8-16-42/h1-29,31-38,44H,30H2/b22-21+. The Morgan fingerprint density at radius 2 is 0.788 bits per heavy atom. The highest BCUT2D eigenvalue weighted by molar-refractivity contribution is 5.80. The van der Waals surface area contributed by atoms with Crippen LogP contribution in [0.1, 0.15) is 29.0 Å². The average Bonchev–Trinajstić information content (AvgIpc) is 3.23. The maximum Gasteiger partial charge on any atom is 0.0462 e. The Hall–Kier alpha value is -6.64. The van der Waals surface area contributed by atoms with Crippen LogP contribution in [0.3, 0.4) is 0 Å². The van der Waals surface area contributed by atoms with Crippen molar-refractivity contribution in [2.24, 2.45) is 0 Å². The molecule has 8 rings (SSSR count). The van der Waals surface area contributed by atoms with Crippen molar-refractivity contribution in [1.82, 2.24) is 0 Å². The highest BCUT2D eigenvalue weighted by Crippen LogP contribution is 2.37. The van der Waals surface area contributed by atoms with Crippen molar-refractivity contribution in [3.63, 3.8) is 0 Å². The third kappa shape index (κ3) is 7.43. The minimum atomic E-state index is 0.400. The Morgan fingerprint density at radius 1 is 0.385 bits per heavy atom. The van der Waals surface area contributed by atoms with Gasteiger partial charge in [-0.3, -0.25) is 0 Å². The van der Waals surface area contributed by atoms with Crippen LogP contribution in [0.5, 0.6) is 0 Å². The van der Waals surface area contributed by atoms with E-state index in [-0.39, 0.29) is 0 Å². The molecule has 1 unspecified atom stereocenters. The summed E-state index contributed by atoms with van der Waals surface area (Å²) in [6.45, 7) is 0. The number of hydrogen-bond donors (Lipinski definition) is 0. The van der Waals surface area contributed by atoms with Crippen molar-refractivity contribution >= 4 is 40.6 Å². The van der Waals surface area contributed by atoms with Crippen molar-refractivity contribution in [2.75, 3.05) is 9.80 Å². The molecule has 0 fully saturated rings. The van der Waals surface area contributed by atoms with Crippen molar-refractivity contribution < 1.29 is 0 Å². The molecule has 2 heteroatoms. The lowest BCUT2D eigenvalue weighted by Gasteiger charge is -2.29. The summed E-state index contributed by atoms with van der Waals surface area (Å²) in [6, 6.07) is 68.9. The van der Waals surface area contributed by atoms with E-state index in [1.165, 1.54) is 22.4 Å². The van der Waals surface area contributed by atoms with Crippen LogP contribution in [-0.4, -0.2) is 0 Å². The van der Waals surface area contributed by atoms with Crippen LogP contribution in [0.4, 0.5) is 28.4 Å². The molecule has 7 aromatic rings. The summed E-state index contributed by atoms with van der Waals surface area (Å²) in [5, 5.41) is 0. The monoisotopic (exact) mass is 668 g/mol. The first-order valence-corrected chi connectivity index (χ1v) is 18.0. The first-order valence-electron chi connectivity index (χ1n) is 18.0. The zero-order valence-electron chi connectivity index (χ0n) is 29.0. The Balaban J connectivity index is 1.000. The molecule has 0 radical (unpaired) electrons. The molecule has 0 aromatic heterocycles. The molecule has 7 aromatic carbocycles. The van der Waals surface area contributed by atoms with Gasteiger partial charge in [0.25, 0.3) is 0 Å². The van der Waals surface area contributed by atoms with Gasteiger partial charge in [-0.15, -0.1) is 0 Å². The van der Waals surface area contributed by atoms with Crippen molar-refractivity contribution in [2.45, 2.75) is 12.3 Å². The number of allylic oxidation sites excluding steroid dienone is 3. The minimum absolute atomic E-state index is 0.400. The van der Waals surface area contributed by atoms with E-state index in [0.717, 1.165) is 46.0 Å². The summed E-state index contributed by atoms with van der Waals surface area (Å²) in [4.78, 5) is 4.65. The van der Waals surface area contributed by atoms with Gasteiger partial charge in [0.2, 0.25) is 0 Å². The Bertz CT molecular complexity index is 2270. The number of hydrogen-bond acceptors (Lipinski definition) is 2. The van der Waals surface area contributed by atoms with Crippen molar-refractivity contribution in [1.29, 1.82) is 0 Å². The third-order valence-electron chi connectivity index (χ3n) is 9.60. The second-order valence-electron chi connectivity index (χ2n) is 13.0. The molecule has 0 N–H and O–H groups in total. The van der Waals surface area contributed by atoms with Crippen LogP contribution in [0.2, 0.25) is 0 Å². The number of rotatable bonds is 10. The molecule has 52 heavy (non-hydrogen) atoms. The Kier molecular flexibility index (Phi) is 9.70. The van der Waals surface area contributed by atoms with Gasteiger partial charge in [0, 0.05) is 40.1 Å². The molecule has 1 aliphatic rings. The molecule has 0 bridgehead atoms. The summed E-state index contributed by atoms with van der Waals surface area (Å²) in [6.07, 6.45) is 12.3. The van der Waals surface area contributed by atoms with Gasteiger partial charge < -0.3 is 9.80 Å². The van der Waals surface area contributed by atoms with Crippen LogP contribution < -0.4 is 9.80 Å². The highest BCUT2D eigenvalue weighted by Gasteiger charge is 2.18. The van der Waals surface area contributed by atoms with Gasteiger partial charge in [-0.1, -0.05) is 158 Å². The predicted octanol–water partition coefficient (Wildman–Crippen LogP) is 13.8. The fraction of sp³-hybridized carbons (Fsp3) is 0.0400. The highest BCUT2D eigenvalue weighted by atomic mass is 15.1. The van der Waals surface area contributed by atoms with E-state index in [4.69, 9.17) is 0 Å². The first kappa shape index (κ1) is 32.6. The molecule has 0 amide bonds. The summed E-state index contributed by atoms with van der Waals surface area (Å²) >= 11 is 0. The molecule has 0 saturated heterocycles. The zero-order valence-corrected chi connectivity index (χ0v) is 29.0. The SMILES string of the molecule is C1=CC(c2ccccc2)CC=C1N(c1ccccc1)c1ccc(/C=C/c2ccc(N(c3ccccc3)c3ccc(-c4ccccc4)cc3)cc2)cc1. The number of para-hydroxylation sites is 2.